The average molecular weight is 439 g/mol. The molecule has 8 nitrogen and oxygen atoms in total. The van der Waals surface area contributed by atoms with Gasteiger partial charge in [-0.1, -0.05) is 20.8 Å². The van der Waals surface area contributed by atoms with Crippen LogP contribution in [0.4, 0.5) is 9.18 Å². The number of hydrogen-bond donors (Lipinski definition) is 3. The van der Waals surface area contributed by atoms with E-state index in [-0.39, 0.29) is 23.3 Å². The van der Waals surface area contributed by atoms with Crippen molar-refractivity contribution < 1.29 is 19.1 Å². The summed E-state index contributed by atoms with van der Waals surface area (Å²) in [6.07, 6.45) is 4.10. The maximum Gasteiger partial charge on any atom is 0.407 e. The number of hydrogen-bond acceptors (Lipinski definition) is 4. The molecule has 32 heavy (non-hydrogen) atoms. The van der Waals surface area contributed by atoms with Crippen LogP contribution < -0.4 is 5.32 Å². The number of aromatic amines is 1. The molecule has 2 unspecified atom stereocenters. The van der Waals surface area contributed by atoms with E-state index in [1.54, 1.807) is 24.4 Å². The number of H-pyrrole nitrogens is 1. The van der Waals surface area contributed by atoms with Gasteiger partial charge in [-0.2, -0.15) is 4.39 Å². The average Bonchev–Trinajstić information content (AvgIpc) is 3.17. The molecule has 3 aromatic heterocycles. The predicted octanol–water partition coefficient (Wildman–Crippen LogP) is 3.91. The molecular weight excluding hydrogens is 413 g/mol. The zero-order valence-electron chi connectivity index (χ0n) is 18.2. The maximum atomic E-state index is 14.1. The number of nitrogens with zero attached hydrogens (tertiary/aromatic N) is 3. The van der Waals surface area contributed by atoms with Crippen molar-refractivity contribution in [1.29, 1.82) is 0 Å². The van der Waals surface area contributed by atoms with Crippen LogP contribution in [0.1, 0.15) is 37.6 Å². The minimum atomic E-state index is -0.943. The van der Waals surface area contributed by atoms with Gasteiger partial charge in [-0.3, -0.25) is 4.79 Å². The van der Waals surface area contributed by atoms with Crippen molar-refractivity contribution in [3.05, 3.63) is 48.3 Å². The van der Waals surface area contributed by atoms with Crippen LogP contribution in [0.2, 0.25) is 0 Å². The highest BCUT2D eigenvalue weighted by Crippen LogP contribution is 2.34. The Labute approximate surface area is 184 Å². The molecule has 1 fully saturated rings. The number of halogens is 1. The van der Waals surface area contributed by atoms with Crippen LogP contribution in [0.5, 0.6) is 0 Å². The van der Waals surface area contributed by atoms with Crippen molar-refractivity contribution in [3.8, 4) is 11.1 Å². The van der Waals surface area contributed by atoms with Crippen LogP contribution in [0.3, 0.4) is 0 Å². The lowest BCUT2D eigenvalue weighted by Gasteiger charge is -2.44. The highest BCUT2D eigenvalue weighted by Gasteiger charge is 2.39. The van der Waals surface area contributed by atoms with Crippen LogP contribution in [-0.2, 0) is 0 Å². The Bertz CT molecular complexity index is 1170. The van der Waals surface area contributed by atoms with Crippen molar-refractivity contribution in [2.45, 2.75) is 33.2 Å². The fourth-order valence-electron chi connectivity index (χ4n) is 4.36. The third kappa shape index (κ3) is 4.15. The van der Waals surface area contributed by atoms with Gasteiger partial charge in [-0.25, -0.2) is 14.8 Å². The summed E-state index contributed by atoms with van der Waals surface area (Å²) in [5.41, 5.74) is 1.57. The van der Waals surface area contributed by atoms with Crippen molar-refractivity contribution >= 4 is 23.0 Å². The van der Waals surface area contributed by atoms with Gasteiger partial charge in [-0.05, 0) is 30.0 Å². The minimum absolute atomic E-state index is 0.0420. The number of fused-ring (bicyclic) bond motifs is 1. The highest BCUT2D eigenvalue weighted by molar-refractivity contribution is 6.06. The van der Waals surface area contributed by atoms with E-state index in [0.717, 1.165) is 0 Å². The van der Waals surface area contributed by atoms with Crippen molar-refractivity contribution in [3.63, 3.8) is 0 Å². The Morgan fingerprint density at radius 2 is 2.09 bits per heavy atom. The molecule has 0 saturated carbocycles. The fraction of sp³-hybridized carbons (Fsp3) is 0.391. The van der Waals surface area contributed by atoms with Gasteiger partial charge >= 0.3 is 6.09 Å². The first-order valence-electron chi connectivity index (χ1n) is 10.5. The number of rotatable bonds is 3. The summed E-state index contributed by atoms with van der Waals surface area (Å²) < 4.78 is 14.1. The lowest BCUT2D eigenvalue weighted by atomic mass is 9.73. The van der Waals surface area contributed by atoms with E-state index in [9.17, 15) is 19.1 Å². The zero-order chi connectivity index (χ0) is 23.0. The van der Waals surface area contributed by atoms with E-state index in [1.165, 1.54) is 17.3 Å². The van der Waals surface area contributed by atoms with Crippen molar-refractivity contribution in [2.24, 2.45) is 11.3 Å². The molecule has 0 bridgehead atoms. The van der Waals surface area contributed by atoms with E-state index < -0.39 is 12.0 Å². The number of amides is 2. The number of carbonyl (C=O) groups is 2. The molecule has 1 saturated heterocycles. The highest BCUT2D eigenvalue weighted by atomic mass is 19.1. The van der Waals surface area contributed by atoms with Gasteiger partial charge in [0.15, 0.2) is 0 Å². The van der Waals surface area contributed by atoms with E-state index in [4.69, 9.17) is 0 Å². The summed E-state index contributed by atoms with van der Waals surface area (Å²) in [4.78, 5) is 37.1. The Balaban J connectivity index is 1.62. The Kier molecular flexibility index (Phi) is 5.58. The van der Waals surface area contributed by atoms with Crippen LogP contribution in [0, 0.1) is 17.3 Å². The molecule has 0 aliphatic carbocycles. The number of aromatic nitrogens is 3. The summed E-state index contributed by atoms with van der Waals surface area (Å²) in [6.45, 7) is 6.88. The van der Waals surface area contributed by atoms with Crippen LogP contribution in [-0.4, -0.2) is 56.1 Å². The van der Waals surface area contributed by atoms with Gasteiger partial charge in [0.2, 0.25) is 5.95 Å². The number of carbonyl (C=O) groups excluding carboxylic acids is 1. The second-order valence-electron chi connectivity index (χ2n) is 9.23. The molecule has 3 aromatic rings. The molecule has 4 heterocycles. The molecule has 2 amide bonds. The second-order valence-corrected chi connectivity index (χ2v) is 9.23. The maximum absolute atomic E-state index is 14.1. The molecule has 2 atom stereocenters. The monoisotopic (exact) mass is 439 g/mol. The smallest absolute Gasteiger partial charge is 0.407 e. The second kappa shape index (κ2) is 8.22. The molecule has 3 N–H and O–H groups in total. The van der Waals surface area contributed by atoms with Gasteiger partial charge in [0.25, 0.3) is 5.91 Å². The van der Waals surface area contributed by atoms with E-state index in [0.29, 0.717) is 47.2 Å². The van der Waals surface area contributed by atoms with Crippen LogP contribution in [0.25, 0.3) is 22.2 Å². The first-order valence-corrected chi connectivity index (χ1v) is 10.5. The minimum Gasteiger partial charge on any atom is -0.465 e. The van der Waals surface area contributed by atoms with Crippen LogP contribution >= 0.6 is 0 Å². The van der Waals surface area contributed by atoms with Gasteiger partial charge in [0.1, 0.15) is 5.65 Å². The van der Waals surface area contributed by atoms with Crippen LogP contribution in [0.15, 0.2) is 36.8 Å². The summed E-state index contributed by atoms with van der Waals surface area (Å²) in [7, 11) is 0. The third-order valence-electron chi connectivity index (χ3n) is 6.16. The molecule has 4 rings (SSSR count). The first-order chi connectivity index (χ1) is 15.1. The fourth-order valence-corrected chi connectivity index (χ4v) is 4.36. The van der Waals surface area contributed by atoms with Gasteiger partial charge < -0.3 is 20.3 Å². The lowest BCUT2D eigenvalue weighted by molar-refractivity contribution is 0.0574. The zero-order valence-corrected chi connectivity index (χ0v) is 18.2. The topological polar surface area (TPSA) is 111 Å². The van der Waals surface area contributed by atoms with E-state index in [1.807, 2.05) is 20.8 Å². The summed E-state index contributed by atoms with van der Waals surface area (Å²) in [5, 5.41) is 13.1. The standard InChI is InChI=1S/C23H26FN5O3/c1-23(2,3)17-12-29(22(31)32)8-6-18(17)28-21(30)16-11-27-20-15(16)9-13(10-26-20)14-5-4-7-25-19(14)24/h4-5,7,9-11,17-18H,6,8,12H2,1-3H3,(H,26,27)(H,28,30)(H,31,32). The number of piperidine rings is 1. The largest absolute Gasteiger partial charge is 0.465 e. The van der Waals surface area contributed by atoms with Crippen molar-refractivity contribution in [1.82, 2.24) is 25.2 Å². The molecular formula is C23H26FN5O3. The summed E-state index contributed by atoms with van der Waals surface area (Å²) >= 11 is 0. The van der Waals surface area contributed by atoms with Gasteiger partial charge in [0.05, 0.1) is 5.56 Å². The Hall–Kier alpha value is -3.49. The molecule has 168 valence electrons. The number of pyridine rings is 2. The lowest BCUT2D eigenvalue weighted by Crippen LogP contribution is -2.55. The normalized spacial score (nSPS) is 19.2. The Morgan fingerprint density at radius 1 is 1.31 bits per heavy atom. The SMILES string of the molecule is CC(C)(C)C1CN(C(=O)O)CCC1NC(=O)c1c[nH]c2ncc(-c3cccnc3F)cc12. The molecule has 1 aliphatic rings. The molecule has 0 aromatic carbocycles. The number of likely N-dealkylation sites (tertiary alicyclic amines) is 1. The van der Waals surface area contributed by atoms with E-state index in [2.05, 4.69) is 20.3 Å². The quantitative estimate of drug-likeness (QED) is 0.536. The number of nitrogens with one attached hydrogen (secondary N) is 2. The van der Waals surface area contributed by atoms with E-state index >= 15 is 0 Å². The molecule has 0 radical (unpaired) electrons. The first kappa shape index (κ1) is 21.7. The molecule has 9 heteroatoms. The molecule has 0 spiro atoms. The predicted molar refractivity (Wildman–Crippen MR) is 118 cm³/mol. The summed E-state index contributed by atoms with van der Waals surface area (Å²) in [6, 6.07) is 4.81. The Morgan fingerprint density at radius 3 is 2.78 bits per heavy atom. The molecule has 1 aliphatic heterocycles. The summed E-state index contributed by atoms with van der Waals surface area (Å²) in [5.74, 6) is -0.919. The van der Waals surface area contributed by atoms with Crippen molar-refractivity contribution in [2.75, 3.05) is 13.1 Å². The third-order valence-corrected chi connectivity index (χ3v) is 6.16. The number of carboxylic acid groups (broad SMARTS) is 1. The van der Waals surface area contributed by atoms with Gasteiger partial charge in [0, 0.05) is 60.2 Å². The van der Waals surface area contributed by atoms with Gasteiger partial charge in [-0.15, -0.1) is 0 Å².